The lowest BCUT2D eigenvalue weighted by Crippen LogP contribution is -2.41. The number of halogens is 5. The highest BCUT2D eigenvalue weighted by Gasteiger charge is 2.31. The predicted octanol–water partition coefficient (Wildman–Crippen LogP) is 5.60. The van der Waals surface area contributed by atoms with Crippen LogP contribution in [0.5, 0.6) is 0 Å². The predicted molar refractivity (Wildman–Crippen MR) is 116 cm³/mol. The summed E-state index contributed by atoms with van der Waals surface area (Å²) >= 11 is 1.08. The van der Waals surface area contributed by atoms with Crippen LogP contribution in [0.3, 0.4) is 0 Å². The number of hydrogen-bond donors (Lipinski definition) is 1. The van der Waals surface area contributed by atoms with E-state index < -0.39 is 35.2 Å². The molecule has 0 atom stereocenters. The molecule has 0 saturated carbocycles. The Balaban J connectivity index is 1.33. The zero-order valence-electron chi connectivity index (χ0n) is 17.5. The van der Waals surface area contributed by atoms with Crippen LogP contribution < -0.4 is 5.32 Å². The highest BCUT2D eigenvalue weighted by Crippen LogP contribution is 2.30. The summed E-state index contributed by atoms with van der Waals surface area (Å²) in [6, 6.07) is 7.05. The van der Waals surface area contributed by atoms with Crippen molar-refractivity contribution in [3.8, 4) is 11.3 Å². The molecule has 1 fully saturated rings. The summed E-state index contributed by atoms with van der Waals surface area (Å²) in [5, 5.41) is 4.43. The van der Waals surface area contributed by atoms with Gasteiger partial charge in [0.2, 0.25) is 5.91 Å². The third kappa shape index (κ3) is 5.24. The third-order valence-corrected chi connectivity index (χ3v) is 6.31. The van der Waals surface area contributed by atoms with Crippen LogP contribution in [0.25, 0.3) is 11.3 Å². The van der Waals surface area contributed by atoms with E-state index in [1.54, 1.807) is 0 Å². The minimum Gasteiger partial charge on any atom is -0.339 e. The molecule has 34 heavy (non-hydrogen) atoms. The molecule has 1 aliphatic heterocycles. The highest BCUT2D eigenvalue weighted by atomic mass is 32.1. The van der Waals surface area contributed by atoms with E-state index in [9.17, 15) is 31.5 Å². The minimum atomic E-state index is -4.48. The van der Waals surface area contributed by atoms with Crippen molar-refractivity contribution in [2.45, 2.75) is 19.0 Å². The first kappa shape index (κ1) is 23.8. The van der Waals surface area contributed by atoms with Crippen LogP contribution in [-0.2, 0) is 11.0 Å². The number of alkyl halides is 3. The van der Waals surface area contributed by atoms with Crippen molar-refractivity contribution < 1.29 is 31.5 Å². The number of nitrogens with one attached hydrogen (secondary N) is 1. The number of hydrogen-bond acceptors (Lipinski definition) is 4. The van der Waals surface area contributed by atoms with Gasteiger partial charge in [-0.25, -0.2) is 13.8 Å². The number of aromatic nitrogens is 1. The number of carbonyl (C=O) groups is 2. The van der Waals surface area contributed by atoms with Crippen molar-refractivity contribution in [1.29, 1.82) is 0 Å². The van der Waals surface area contributed by atoms with E-state index >= 15 is 0 Å². The van der Waals surface area contributed by atoms with Crippen LogP contribution >= 0.6 is 11.3 Å². The van der Waals surface area contributed by atoms with Gasteiger partial charge in [0.15, 0.2) is 5.13 Å². The Labute approximate surface area is 195 Å². The molecular formula is C23H18F5N3O2S. The number of piperidine rings is 1. The third-order valence-electron chi connectivity index (χ3n) is 5.55. The number of carbonyl (C=O) groups excluding carboxylic acids is 2. The Bertz CT molecular complexity index is 1200. The Kier molecular flexibility index (Phi) is 6.65. The summed E-state index contributed by atoms with van der Waals surface area (Å²) in [6.07, 6.45) is -3.74. The van der Waals surface area contributed by atoms with Crippen LogP contribution in [0, 0.1) is 17.6 Å². The Morgan fingerprint density at radius 3 is 2.35 bits per heavy atom. The first-order valence-electron chi connectivity index (χ1n) is 10.3. The lowest BCUT2D eigenvalue weighted by atomic mass is 9.95. The molecule has 1 N–H and O–H groups in total. The van der Waals surface area contributed by atoms with Crippen LogP contribution in [0.1, 0.15) is 28.8 Å². The van der Waals surface area contributed by atoms with Gasteiger partial charge in [-0.15, -0.1) is 11.3 Å². The fourth-order valence-corrected chi connectivity index (χ4v) is 4.40. The molecule has 0 unspecified atom stereocenters. The van der Waals surface area contributed by atoms with Crippen LogP contribution in [0.4, 0.5) is 27.1 Å². The maximum absolute atomic E-state index is 13.9. The first-order valence-corrected chi connectivity index (χ1v) is 11.2. The van der Waals surface area contributed by atoms with Crippen molar-refractivity contribution in [1.82, 2.24) is 9.88 Å². The minimum absolute atomic E-state index is 0.00756. The molecule has 3 aromatic rings. The van der Waals surface area contributed by atoms with E-state index in [1.165, 1.54) is 10.3 Å². The van der Waals surface area contributed by atoms with E-state index in [-0.39, 0.29) is 40.9 Å². The van der Waals surface area contributed by atoms with E-state index in [2.05, 4.69) is 10.3 Å². The fourth-order valence-electron chi connectivity index (χ4n) is 3.69. The summed E-state index contributed by atoms with van der Waals surface area (Å²) in [6.45, 7) is 0.547. The molecule has 1 aromatic heterocycles. The van der Waals surface area contributed by atoms with E-state index in [1.807, 2.05) is 0 Å². The molecule has 0 radical (unpaired) electrons. The topological polar surface area (TPSA) is 62.3 Å². The van der Waals surface area contributed by atoms with Crippen LogP contribution in [0.15, 0.2) is 47.8 Å². The number of rotatable bonds is 4. The smallest absolute Gasteiger partial charge is 0.339 e. The van der Waals surface area contributed by atoms with Crippen molar-refractivity contribution in [3.05, 3.63) is 70.6 Å². The van der Waals surface area contributed by atoms with Gasteiger partial charge in [-0.2, -0.15) is 13.2 Å². The monoisotopic (exact) mass is 495 g/mol. The summed E-state index contributed by atoms with van der Waals surface area (Å²) < 4.78 is 65.5. The van der Waals surface area contributed by atoms with Gasteiger partial charge in [-0.05, 0) is 55.3 Å². The molecule has 0 bridgehead atoms. The molecule has 2 heterocycles. The van der Waals surface area contributed by atoms with E-state index in [0.717, 1.165) is 53.8 Å². The summed E-state index contributed by atoms with van der Waals surface area (Å²) in [7, 11) is 0. The molecular weight excluding hydrogens is 477 g/mol. The van der Waals surface area contributed by atoms with Gasteiger partial charge in [0.25, 0.3) is 5.91 Å². The number of thiazole rings is 1. The number of likely N-dealkylation sites (tertiary alicyclic amines) is 1. The zero-order valence-corrected chi connectivity index (χ0v) is 18.4. The Morgan fingerprint density at radius 2 is 1.71 bits per heavy atom. The summed E-state index contributed by atoms with van der Waals surface area (Å²) in [5.74, 6) is -2.33. The van der Waals surface area contributed by atoms with Gasteiger partial charge in [0, 0.05) is 35.5 Å². The average Bonchev–Trinajstić information content (AvgIpc) is 3.28. The second-order valence-electron chi connectivity index (χ2n) is 7.79. The Hall–Kier alpha value is -3.34. The maximum Gasteiger partial charge on any atom is 0.416 e. The van der Waals surface area contributed by atoms with Gasteiger partial charge in [-0.3, -0.25) is 9.59 Å². The number of benzene rings is 2. The van der Waals surface area contributed by atoms with Gasteiger partial charge in [0.1, 0.15) is 11.6 Å². The fraction of sp³-hybridized carbons (Fsp3) is 0.261. The normalized spacial score (nSPS) is 14.8. The Morgan fingerprint density at radius 1 is 1.03 bits per heavy atom. The first-order chi connectivity index (χ1) is 16.1. The van der Waals surface area contributed by atoms with Gasteiger partial charge >= 0.3 is 6.18 Å². The number of amides is 2. The molecule has 178 valence electrons. The molecule has 2 aromatic carbocycles. The standard InChI is InChI=1S/C23H18F5N3O2S/c24-16-5-6-18(25)17(11-16)19-12-34-22(29-19)30-20(32)13-7-9-31(10-8-13)21(33)14-1-3-15(4-2-14)23(26,27)28/h1-6,11-13H,7-10H2,(H,29,30,32). The average molecular weight is 495 g/mol. The quantitative estimate of drug-likeness (QED) is 0.480. The lowest BCUT2D eigenvalue weighted by Gasteiger charge is -2.31. The lowest BCUT2D eigenvalue weighted by molar-refractivity contribution is -0.137. The molecule has 4 rings (SSSR count). The van der Waals surface area contributed by atoms with E-state index in [0.29, 0.717) is 12.8 Å². The molecule has 2 amide bonds. The second kappa shape index (κ2) is 9.49. The molecule has 0 aliphatic carbocycles. The van der Waals surface area contributed by atoms with Crippen molar-refractivity contribution in [3.63, 3.8) is 0 Å². The zero-order chi connectivity index (χ0) is 24.5. The second-order valence-corrected chi connectivity index (χ2v) is 8.65. The highest BCUT2D eigenvalue weighted by molar-refractivity contribution is 7.14. The van der Waals surface area contributed by atoms with E-state index in [4.69, 9.17) is 0 Å². The molecule has 1 saturated heterocycles. The van der Waals surface area contributed by atoms with Gasteiger partial charge < -0.3 is 10.2 Å². The number of nitrogens with zero attached hydrogens (tertiary/aromatic N) is 2. The van der Waals surface area contributed by atoms with Crippen LogP contribution in [0.2, 0.25) is 0 Å². The van der Waals surface area contributed by atoms with Crippen LogP contribution in [-0.4, -0.2) is 34.8 Å². The largest absolute Gasteiger partial charge is 0.416 e. The molecule has 1 aliphatic rings. The van der Waals surface area contributed by atoms with Gasteiger partial charge in [-0.1, -0.05) is 0 Å². The maximum atomic E-state index is 13.9. The summed E-state index contributed by atoms with van der Waals surface area (Å²) in [4.78, 5) is 30.9. The van der Waals surface area contributed by atoms with Crippen molar-refractivity contribution in [2.24, 2.45) is 5.92 Å². The van der Waals surface area contributed by atoms with Crippen molar-refractivity contribution in [2.75, 3.05) is 18.4 Å². The molecule has 5 nitrogen and oxygen atoms in total. The SMILES string of the molecule is O=C(Nc1nc(-c2cc(F)ccc2F)cs1)C1CCN(C(=O)c2ccc(C(F)(F)F)cc2)CC1. The molecule has 11 heteroatoms. The van der Waals surface area contributed by atoms with Gasteiger partial charge in [0.05, 0.1) is 11.3 Å². The number of anilines is 1. The summed E-state index contributed by atoms with van der Waals surface area (Å²) in [5.41, 5.74) is -0.484. The molecule has 0 spiro atoms. The van der Waals surface area contributed by atoms with Crippen molar-refractivity contribution >= 4 is 28.3 Å².